The van der Waals surface area contributed by atoms with E-state index in [0.717, 1.165) is 12.8 Å². The van der Waals surface area contributed by atoms with Gasteiger partial charge in [0.2, 0.25) is 0 Å². The summed E-state index contributed by atoms with van der Waals surface area (Å²) in [5, 5.41) is 12.1. The summed E-state index contributed by atoms with van der Waals surface area (Å²) in [6, 6.07) is 5.16. The van der Waals surface area contributed by atoms with Crippen LogP contribution >= 0.6 is 11.6 Å². The summed E-state index contributed by atoms with van der Waals surface area (Å²) in [4.78, 5) is 0. The van der Waals surface area contributed by atoms with Gasteiger partial charge >= 0.3 is 0 Å². The number of nitrogens with zero attached hydrogens (tertiary/aromatic N) is 1. The summed E-state index contributed by atoms with van der Waals surface area (Å²) in [5.41, 5.74) is 6.10. The molecule has 5 heteroatoms. The first-order valence-electron chi connectivity index (χ1n) is 6.54. The number of rotatable bonds is 3. The Kier molecular flexibility index (Phi) is 4.53. The van der Waals surface area contributed by atoms with E-state index in [2.05, 4.69) is 12.1 Å². The Morgan fingerprint density at radius 3 is 2.89 bits per heavy atom. The minimum absolute atomic E-state index is 0.0414. The van der Waals surface area contributed by atoms with Crippen LogP contribution in [-0.2, 0) is 0 Å². The summed E-state index contributed by atoms with van der Waals surface area (Å²) in [7, 11) is 0. The van der Waals surface area contributed by atoms with Gasteiger partial charge in [0.15, 0.2) is 5.84 Å². The third-order valence-electron chi connectivity index (χ3n) is 3.52. The second kappa shape index (κ2) is 6.15. The highest BCUT2D eigenvalue weighted by atomic mass is 35.5. The predicted octanol–water partition coefficient (Wildman–Crippen LogP) is 3.39. The molecule has 1 aromatic rings. The topological polar surface area (TPSA) is 67.8 Å². The minimum atomic E-state index is 0.0414. The van der Waals surface area contributed by atoms with Gasteiger partial charge in [-0.2, -0.15) is 0 Å². The van der Waals surface area contributed by atoms with Crippen molar-refractivity contribution in [3.8, 4) is 5.75 Å². The Morgan fingerprint density at radius 2 is 2.26 bits per heavy atom. The van der Waals surface area contributed by atoms with Gasteiger partial charge in [0, 0.05) is 5.56 Å². The van der Waals surface area contributed by atoms with Gasteiger partial charge in [-0.15, -0.1) is 0 Å². The third-order valence-corrected chi connectivity index (χ3v) is 3.81. The maximum absolute atomic E-state index is 8.63. The molecule has 0 aliphatic heterocycles. The van der Waals surface area contributed by atoms with Gasteiger partial charge in [-0.05, 0) is 43.4 Å². The van der Waals surface area contributed by atoms with Crippen LogP contribution in [0.2, 0.25) is 5.02 Å². The van der Waals surface area contributed by atoms with Gasteiger partial charge in [0.05, 0.1) is 11.1 Å². The second-order valence-corrected chi connectivity index (χ2v) is 5.55. The fourth-order valence-corrected chi connectivity index (χ4v) is 2.70. The molecule has 0 heterocycles. The van der Waals surface area contributed by atoms with Crippen LogP contribution in [0.5, 0.6) is 5.75 Å². The highest BCUT2D eigenvalue weighted by Gasteiger charge is 2.21. The first-order valence-corrected chi connectivity index (χ1v) is 6.92. The Morgan fingerprint density at radius 1 is 1.47 bits per heavy atom. The van der Waals surface area contributed by atoms with Crippen molar-refractivity contribution in [2.45, 2.75) is 38.7 Å². The van der Waals surface area contributed by atoms with E-state index >= 15 is 0 Å². The molecule has 0 spiro atoms. The molecule has 1 aliphatic rings. The molecule has 0 aromatic heterocycles. The highest BCUT2D eigenvalue weighted by Crippen LogP contribution is 2.31. The Balaban J connectivity index is 2.09. The number of hydrogen-bond acceptors (Lipinski definition) is 3. The largest absolute Gasteiger partial charge is 0.489 e. The van der Waals surface area contributed by atoms with Gasteiger partial charge in [-0.3, -0.25) is 0 Å². The molecule has 0 radical (unpaired) electrons. The lowest BCUT2D eigenvalue weighted by molar-refractivity contribution is 0.129. The average molecular weight is 283 g/mol. The number of benzene rings is 1. The highest BCUT2D eigenvalue weighted by molar-refractivity contribution is 6.32. The number of oxime groups is 1. The van der Waals surface area contributed by atoms with Gasteiger partial charge < -0.3 is 15.7 Å². The lowest BCUT2D eigenvalue weighted by Gasteiger charge is -2.27. The molecule has 1 fully saturated rings. The molecule has 2 atom stereocenters. The Labute approximate surface area is 118 Å². The van der Waals surface area contributed by atoms with Crippen LogP contribution in [0.25, 0.3) is 0 Å². The van der Waals surface area contributed by atoms with Crippen molar-refractivity contribution in [1.82, 2.24) is 0 Å². The number of hydrogen-bond donors (Lipinski definition) is 2. The van der Waals surface area contributed by atoms with Gasteiger partial charge in [0.25, 0.3) is 0 Å². The van der Waals surface area contributed by atoms with E-state index in [4.69, 9.17) is 27.3 Å². The van der Waals surface area contributed by atoms with Crippen LogP contribution in [-0.4, -0.2) is 17.1 Å². The fraction of sp³-hybridized carbons (Fsp3) is 0.500. The molecule has 1 aliphatic carbocycles. The molecular weight excluding hydrogens is 264 g/mol. The van der Waals surface area contributed by atoms with E-state index < -0.39 is 0 Å². The van der Waals surface area contributed by atoms with E-state index in [1.807, 2.05) is 0 Å². The van der Waals surface area contributed by atoms with Crippen LogP contribution in [0.15, 0.2) is 23.4 Å². The van der Waals surface area contributed by atoms with Crippen molar-refractivity contribution in [3.63, 3.8) is 0 Å². The van der Waals surface area contributed by atoms with Crippen molar-refractivity contribution in [3.05, 3.63) is 28.8 Å². The van der Waals surface area contributed by atoms with Crippen molar-refractivity contribution >= 4 is 17.4 Å². The predicted molar refractivity (Wildman–Crippen MR) is 76.0 cm³/mol. The van der Waals surface area contributed by atoms with Crippen LogP contribution in [0.3, 0.4) is 0 Å². The molecule has 0 saturated heterocycles. The first kappa shape index (κ1) is 14.0. The maximum atomic E-state index is 8.63. The zero-order valence-electron chi connectivity index (χ0n) is 11.0. The SMILES string of the molecule is CC1CCCC(Oc2ccc(C(N)=NO)cc2Cl)C1. The Bertz CT molecular complexity index is 477. The number of amidine groups is 1. The molecule has 19 heavy (non-hydrogen) atoms. The van der Waals surface area contributed by atoms with E-state index in [0.29, 0.717) is 22.3 Å². The summed E-state index contributed by atoms with van der Waals surface area (Å²) < 4.78 is 5.95. The van der Waals surface area contributed by atoms with E-state index in [1.165, 1.54) is 12.8 Å². The smallest absolute Gasteiger partial charge is 0.170 e. The molecule has 1 saturated carbocycles. The van der Waals surface area contributed by atoms with E-state index in [1.54, 1.807) is 18.2 Å². The maximum Gasteiger partial charge on any atom is 0.170 e. The summed E-state index contributed by atoms with van der Waals surface area (Å²) in [5.74, 6) is 1.41. The number of nitrogens with two attached hydrogens (primary N) is 1. The molecule has 2 unspecified atom stereocenters. The quantitative estimate of drug-likeness (QED) is 0.386. The lowest BCUT2D eigenvalue weighted by atomic mass is 9.89. The van der Waals surface area contributed by atoms with Gasteiger partial charge in [0.1, 0.15) is 5.75 Å². The van der Waals surface area contributed by atoms with Crippen molar-refractivity contribution in [2.75, 3.05) is 0 Å². The normalized spacial score (nSPS) is 24.2. The van der Waals surface area contributed by atoms with Gasteiger partial charge in [-0.25, -0.2) is 0 Å². The molecule has 0 amide bonds. The molecule has 2 rings (SSSR count). The van der Waals surface area contributed by atoms with Crippen LogP contribution in [0.4, 0.5) is 0 Å². The number of ether oxygens (including phenoxy) is 1. The van der Waals surface area contributed by atoms with Gasteiger partial charge in [-0.1, -0.05) is 30.1 Å². The van der Waals surface area contributed by atoms with Crippen LogP contribution in [0, 0.1) is 5.92 Å². The van der Waals surface area contributed by atoms with E-state index in [-0.39, 0.29) is 11.9 Å². The zero-order valence-corrected chi connectivity index (χ0v) is 11.7. The monoisotopic (exact) mass is 282 g/mol. The zero-order chi connectivity index (χ0) is 13.8. The fourth-order valence-electron chi connectivity index (χ4n) is 2.48. The lowest BCUT2D eigenvalue weighted by Crippen LogP contribution is -2.24. The van der Waals surface area contributed by atoms with Crippen LogP contribution in [0.1, 0.15) is 38.2 Å². The van der Waals surface area contributed by atoms with Crippen molar-refractivity contribution < 1.29 is 9.94 Å². The number of halogens is 1. The second-order valence-electron chi connectivity index (χ2n) is 5.14. The summed E-state index contributed by atoms with van der Waals surface area (Å²) in [6.45, 7) is 2.25. The summed E-state index contributed by atoms with van der Waals surface area (Å²) >= 11 is 6.17. The molecule has 3 N–H and O–H groups in total. The molecular formula is C14H19ClN2O2. The van der Waals surface area contributed by atoms with Crippen molar-refractivity contribution in [1.29, 1.82) is 0 Å². The Hall–Kier alpha value is -1.42. The van der Waals surface area contributed by atoms with Crippen LogP contribution < -0.4 is 10.5 Å². The molecule has 104 valence electrons. The standard InChI is InChI=1S/C14H19ClN2O2/c1-9-3-2-4-11(7-9)19-13-6-5-10(8-12(13)15)14(16)17-18/h5-6,8-9,11,18H,2-4,7H2,1H3,(H2,16,17). The average Bonchev–Trinajstić information content (AvgIpc) is 2.40. The first-order chi connectivity index (χ1) is 9.10. The van der Waals surface area contributed by atoms with Crippen molar-refractivity contribution in [2.24, 2.45) is 16.8 Å². The van der Waals surface area contributed by atoms with E-state index in [9.17, 15) is 0 Å². The molecule has 4 nitrogen and oxygen atoms in total. The molecule has 1 aromatic carbocycles. The molecule has 0 bridgehead atoms. The third kappa shape index (κ3) is 3.53. The minimum Gasteiger partial charge on any atom is -0.489 e. The summed E-state index contributed by atoms with van der Waals surface area (Å²) in [6.07, 6.45) is 4.85.